The summed E-state index contributed by atoms with van der Waals surface area (Å²) < 4.78 is 0. The maximum Gasteiger partial charge on any atom is 1.00 e. The van der Waals surface area contributed by atoms with E-state index in [-0.39, 0.29) is 31.0 Å². The molecule has 0 atom stereocenters. The van der Waals surface area contributed by atoms with E-state index in [1.807, 2.05) is 19.0 Å². The third-order valence-corrected chi connectivity index (χ3v) is 0.694. The van der Waals surface area contributed by atoms with Gasteiger partial charge in [0, 0.05) is 13.0 Å². The van der Waals surface area contributed by atoms with Crippen molar-refractivity contribution in [2.45, 2.75) is 6.42 Å². The number of carbonyl (C=O) groups excluding carboxylic acids is 1. The Hall–Kier alpha value is 0.630. The first-order chi connectivity index (χ1) is 3.27. The van der Waals surface area contributed by atoms with Crippen LogP contribution in [0.25, 0.3) is 0 Å². The second-order valence-corrected chi connectivity index (χ2v) is 1.76. The van der Waals surface area contributed by atoms with E-state index >= 15 is 0 Å². The summed E-state index contributed by atoms with van der Waals surface area (Å²) >= 11 is 0. The predicted molar refractivity (Wildman–Crippen MR) is 30.3 cm³/mol. The van der Waals surface area contributed by atoms with E-state index in [0.717, 1.165) is 12.8 Å². The molecule has 2 nitrogen and oxygen atoms in total. The topological polar surface area (TPSA) is 20.3 Å². The molecule has 0 N–H and O–H groups in total. The van der Waals surface area contributed by atoms with Crippen molar-refractivity contribution in [1.82, 2.24) is 4.90 Å². The Bertz CT molecular complexity index is 60.9. The van der Waals surface area contributed by atoms with Crippen LogP contribution in [0.1, 0.15) is 7.85 Å². The minimum atomic E-state index is 0. The number of nitrogens with zero attached hydrogens (tertiary/aromatic N) is 1. The van der Waals surface area contributed by atoms with Gasteiger partial charge in [-0.25, -0.2) is 0 Å². The van der Waals surface area contributed by atoms with Gasteiger partial charge in [-0.3, -0.25) is 0 Å². The summed E-state index contributed by atoms with van der Waals surface area (Å²) in [5.41, 5.74) is 0. The number of carbonyl (C=O) groups is 1. The molecule has 0 aromatic heterocycles. The Morgan fingerprint density at radius 3 is 2.25 bits per heavy atom. The van der Waals surface area contributed by atoms with Crippen LogP contribution in [0.2, 0.25) is 0 Å². The van der Waals surface area contributed by atoms with Crippen LogP contribution in [-0.2, 0) is 4.79 Å². The molecule has 0 fully saturated rings. The van der Waals surface area contributed by atoms with E-state index in [1.54, 1.807) is 0 Å². The first-order valence-electron chi connectivity index (χ1n) is 2.35. The van der Waals surface area contributed by atoms with Crippen LogP contribution in [0.15, 0.2) is 0 Å². The SMILES string of the molecule is CN(C)CCC=O.[H-].[Na+]. The molecule has 0 saturated carbocycles. The van der Waals surface area contributed by atoms with Crippen molar-refractivity contribution in [3.8, 4) is 0 Å². The van der Waals surface area contributed by atoms with Crippen LogP contribution in [0.3, 0.4) is 0 Å². The number of hydrogen-bond acceptors (Lipinski definition) is 2. The van der Waals surface area contributed by atoms with Crippen LogP contribution in [0.5, 0.6) is 0 Å². The zero-order valence-corrected chi connectivity index (χ0v) is 7.85. The molecule has 0 aromatic rings. The van der Waals surface area contributed by atoms with E-state index in [1.165, 1.54) is 0 Å². The molecule has 0 aliphatic rings. The maximum absolute atomic E-state index is 9.68. The van der Waals surface area contributed by atoms with Gasteiger partial charge in [-0.1, -0.05) is 0 Å². The second-order valence-electron chi connectivity index (χ2n) is 1.76. The fourth-order valence-electron chi connectivity index (χ4n) is 0.311. The minimum absolute atomic E-state index is 0. The Morgan fingerprint density at radius 1 is 1.62 bits per heavy atom. The van der Waals surface area contributed by atoms with Crippen molar-refractivity contribution in [3.05, 3.63) is 0 Å². The molecule has 44 valence electrons. The van der Waals surface area contributed by atoms with Gasteiger partial charge in [0.15, 0.2) is 0 Å². The molecule has 0 unspecified atom stereocenters. The van der Waals surface area contributed by atoms with Gasteiger partial charge in [0.05, 0.1) is 0 Å². The molecule has 0 radical (unpaired) electrons. The van der Waals surface area contributed by atoms with Crippen molar-refractivity contribution in [2.75, 3.05) is 20.6 Å². The first kappa shape index (κ1) is 11.4. The van der Waals surface area contributed by atoms with Crippen molar-refractivity contribution in [2.24, 2.45) is 0 Å². The van der Waals surface area contributed by atoms with Gasteiger partial charge in [0.1, 0.15) is 6.29 Å². The van der Waals surface area contributed by atoms with Gasteiger partial charge in [0.2, 0.25) is 0 Å². The Kier molecular flexibility index (Phi) is 10.9. The second kappa shape index (κ2) is 7.63. The number of aldehydes is 1. The molecule has 8 heavy (non-hydrogen) atoms. The van der Waals surface area contributed by atoms with Crippen molar-refractivity contribution in [1.29, 1.82) is 0 Å². The monoisotopic (exact) mass is 125 g/mol. The molecule has 0 heterocycles. The number of rotatable bonds is 3. The Labute approximate surface area is 74.0 Å². The summed E-state index contributed by atoms with van der Waals surface area (Å²) in [5.74, 6) is 0. The quantitative estimate of drug-likeness (QED) is 0.301. The average Bonchev–Trinajstić information content (AvgIpc) is 1.61. The molecule has 0 amide bonds. The molecule has 0 aliphatic heterocycles. The summed E-state index contributed by atoms with van der Waals surface area (Å²) in [5, 5.41) is 0. The molecule has 3 heteroatoms. The fraction of sp³-hybridized carbons (Fsp3) is 0.800. The predicted octanol–water partition coefficient (Wildman–Crippen LogP) is -2.75. The summed E-state index contributed by atoms with van der Waals surface area (Å²) in [6.45, 7) is 0.865. The molecule has 0 saturated heterocycles. The van der Waals surface area contributed by atoms with Gasteiger partial charge >= 0.3 is 29.6 Å². The fourth-order valence-corrected chi connectivity index (χ4v) is 0.311. The zero-order chi connectivity index (χ0) is 5.70. The van der Waals surface area contributed by atoms with Crippen LogP contribution >= 0.6 is 0 Å². The molecule has 0 spiro atoms. The van der Waals surface area contributed by atoms with Crippen LogP contribution in [0, 0.1) is 0 Å². The zero-order valence-electron chi connectivity index (χ0n) is 6.85. The largest absolute Gasteiger partial charge is 1.00 e. The minimum Gasteiger partial charge on any atom is -1.00 e. The van der Waals surface area contributed by atoms with Crippen molar-refractivity contribution in [3.63, 3.8) is 0 Å². The Morgan fingerprint density at radius 2 is 2.12 bits per heavy atom. The summed E-state index contributed by atoms with van der Waals surface area (Å²) in [6.07, 6.45) is 1.58. The molecule has 0 rings (SSSR count). The van der Waals surface area contributed by atoms with Gasteiger partial charge in [-0.05, 0) is 14.1 Å². The maximum atomic E-state index is 9.68. The van der Waals surface area contributed by atoms with E-state index in [0.29, 0.717) is 6.42 Å². The van der Waals surface area contributed by atoms with Crippen LogP contribution in [-0.4, -0.2) is 31.8 Å². The van der Waals surface area contributed by atoms with Crippen molar-refractivity contribution < 1.29 is 35.8 Å². The van der Waals surface area contributed by atoms with Crippen LogP contribution < -0.4 is 29.6 Å². The van der Waals surface area contributed by atoms with Gasteiger partial charge in [0.25, 0.3) is 0 Å². The summed E-state index contributed by atoms with van der Waals surface area (Å²) in [4.78, 5) is 11.7. The summed E-state index contributed by atoms with van der Waals surface area (Å²) in [6, 6.07) is 0. The van der Waals surface area contributed by atoms with E-state index in [2.05, 4.69) is 0 Å². The van der Waals surface area contributed by atoms with Gasteiger partial charge in [-0.15, -0.1) is 0 Å². The van der Waals surface area contributed by atoms with E-state index < -0.39 is 0 Å². The van der Waals surface area contributed by atoms with Crippen molar-refractivity contribution >= 4 is 6.29 Å². The van der Waals surface area contributed by atoms with E-state index in [9.17, 15) is 4.79 Å². The molecule has 0 aromatic carbocycles. The van der Waals surface area contributed by atoms with Crippen LogP contribution in [0.4, 0.5) is 0 Å². The molecule has 0 aliphatic carbocycles. The summed E-state index contributed by atoms with van der Waals surface area (Å²) in [7, 11) is 3.90. The standard InChI is InChI=1S/C5H11NO.Na.H/c1-6(2)4-3-5-7;;/h5H,3-4H2,1-2H3;;/q;+1;-1. The van der Waals surface area contributed by atoms with E-state index in [4.69, 9.17) is 0 Å². The number of hydrogen-bond donors (Lipinski definition) is 0. The average molecular weight is 125 g/mol. The third kappa shape index (κ3) is 9.80. The molecular weight excluding hydrogens is 113 g/mol. The molecular formula is C5H12NNaO. The Balaban J connectivity index is -0.000000180. The smallest absolute Gasteiger partial charge is 1.00 e. The first-order valence-corrected chi connectivity index (χ1v) is 2.35. The normalized spacial score (nSPS) is 8.38. The third-order valence-electron chi connectivity index (χ3n) is 0.694. The van der Waals surface area contributed by atoms with Gasteiger partial charge in [-0.2, -0.15) is 0 Å². The van der Waals surface area contributed by atoms with Gasteiger partial charge < -0.3 is 11.1 Å². The molecule has 0 bridgehead atoms.